The smallest absolute Gasteiger partial charge is 0.201 e. The molecule has 4 rings (SSSR count). The second-order valence-corrected chi connectivity index (χ2v) is 7.60. The van der Waals surface area contributed by atoms with Crippen LogP contribution in [0.5, 0.6) is 11.5 Å². The van der Waals surface area contributed by atoms with Crippen LogP contribution in [0.3, 0.4) is 0 Å². The van der Waals surface area contributed by atoms with Crippen molar-refractivity contribution in [3.8, 4) is 11.5 Å². The highest BCUT2D eigenvalue weighted by Crippen LogP contribution is 2.56. The van der Waals surface area contributed by atoms with Crippen molar-refractivity contribution in [2.24, 2.45) is 17.8 Å². The van der Waals surface area contributed by atoms with Crippen molar-refractivity contribution in [2.75, 3.05) is 14.2 Å². The zero-order valence-electron chi connectivity index (χ0n) is 16.8. The van der Waals surface area contributed by atoms with Gasteiger partial charge >= 0.3 is 0 Å². The zero-order valence-corrected chi connectivity index (χ0v) is 16.8. The first-order valence-electron chi connectivity index (χ1n) is 9.73. The molecule has 0 aliphatic heterocycles. The number of hydrogen-bond donors (Lipinski definition) is 0. The van der Waals surface area contributed by atoms with Crippen LogP contribution in [0, 0.1) is 17.8 Å². The Morgan fingerprint density at radius 3 is 2.28 bits per heavy atom. The van der Waals surface area contributed by atoms with E-state index in [1.807, 2.05) is 55.5 Å². The van der Waals surface area contributed by atoms with Gasteiger partial charge in [0, 0.05) is 17.9 Å². The number of hydrogen-bond acceptors (Lipinski definition) is 5. The molecule has 1 fully saturated rings. The molecule has 3 unspecified atom stereocenters. The van der Waals surface area contributed by atoms with Crippen molar-refractivity contribution in [3.05, 3.63) is 71.5 Å². The van der Waals surface area contributed by atoms with Gasteiger partial charge in [-0.2, -0.15) is 0 Å². The van der Waals surface area contributed by atoms with Crippen molar-refractivity contribution < 1.29 is 23.8 Å². The molecule has 5 nitrogen and oxygen atoms in total. The molecule has 0 N–H and O–H groups in total. The molecule has 0 bridgehead atoms. The van der Waals surface area contributed by atoms with Gasteiger partial charge in [-0.15, -0.1) is 0 Å². The van der Waals surface area contributed by atoms with E-state index in [-0.39, 0.29) is 41.7 Å². The lowest BCUT2D eigenvalue weighted by atomic mass is 9.51. The Labute approximate surface area is 170 Å². The zero-order chi connectivity index (χ0) is 20.5. The van der Waals surface area contributed by atoms with E-state index in [0.29, 0.717) is 11.5 Å². The van der Waals surface area contributed by atoms with Gasteiger partial charge in [-0.1, -0.05) is 43.3 Å². The van der Waals surface area contributed by atoms with Crippen LogP contribution < -0.4 is 9.47 Å². The van der Waals surface area contributed by atoms with Crippen LogP contribution in [-0.4, -0.2) is 25.8 Å². The third-order valence-corrected chi connectivity index (χ3v) is 6.08. The number of ketones is 2. The normalized spacial score (nSPS) is 25.6. The number of carbonyl (C=O) groups excluding carboxylic acids is 2. The molecule has 2 aliphatic carbocycles. The van der Waals surface area contributed by atoms with Gasteiger partial charge in [0.05, 0.1) is 14.2 Å². The summed E-state index contributed by atoms with van der Waals surface area (Å²) >= 11 is 0. The summed E-state index contributed by atoms with van der Waals surface area (Å²) in [5, 5.41) is 0. The van der Waals surface area contributed by atoms with Crippen LogP contribution in [0.25, 0.3) is 0 Å². The van der Waals surface area contributed by atoms with E-state index in [9.17, 15) is 9.59 Å². The fourth-order valence-corrected chi connectivity index (χ4v) is 4.60. The largest absolute Gasteiger partial charge is 0.493 e. The average molecular weight is 392 g/mol. The minimum atomic E-state index is -0.397. The fourth-order valence-electron chi connectivity index (χ4n) is 4.60. The molecule has 2 aliphatic rings. The van der Waals surface area contributed by atoms with Gasteiger partial charge in [0.2, 0.25) is 5.78 Å². The van der Waals surface area contributed by atoms with Crippen molar-refractivity contribution in [1.82, 2.24) is 0 Å². The SMILES string of the molecule is COc1ccc([C@@H]2C(C)C3C(=O)C=C(OCc4ccccc4)C(=O)C32)cc1OC. The summed E-state index contributed by atoms with van der Waals surface area (Å²) in [7, 11) is 3.17. The Balaban J connectivity index is 1.58. The Hall–Kier alpha value is -3.08. The van der Waals surface area contributed by atoms with E-state index < -0.39 is 5.92 Å². The highest BCUT2D eigenvalue weighted by Gasteiger charge is 2.57. The molecule has 0 saturated heterocycles. The number of fused-ring (bicyclic) bond motifs is 1. The third kappa shape index (κ3) is 3.31. The van der Waals surface area contributed by atoms with E-state index in [2.05, 4.69) is 0 Å². The number of methoxy groups -OCH3 is 2. The molecule has 2 aromatic carbocycles. The first-order chi connectivity index (χ1) is 14.0. The van der Waals surface area contributed by atoms with Gasteiger partial charge in [-0.3, -0.25) is 9.59 Å². The summed E-state index contributed by atoms with van der Waals surface area (Å²) < 4.78 is 16.5. The minimum Gasteiger partial charge on any atom is -0.493 e. The lowest BCUT2D eigenvalue weighted by Crippen LogP contribution is -2.53. The molecule has 4 atom stereocenters. The van der Waals surface area contributed by atoms with Crippen molar-refractivity contribution in [1.29, 1.82) is 0 Å². The Morgan fingerprint density at radius 2 is 1.59 bits per heavy atom. The maximum Gasteiger partial charge on any atom is 0.201 e. The quantitative estimate of drug-likeness (QED) is 0.746. The lowest BCUT2D eigenvalue weighted by molar-refractivity contribution is -0.145. The second kappa shape index (κ2) is 7.74. The van der Waals surface area contributed by atoms with E-state index in [1.54, 1.807) is 14.2 Å². The maximum atomic E-state index is 13.2. The predicted octanol–water partition coefficient (Wildman–Crippen LogP) is 3.92. The molecule has 0 amide bonds. The number of ether oxygens (including phenoxy) is 3. The second-order valence-electron chi connectivity index (χ2n) is 7.60. The first kappa shape index (κ1) is 19.2. The monoisotopic (exact) mass is 392 g/mol. The summed E-state index contributed by atoms with van der Waals surface area (Å²) in [5.74, 6) is 0.629. The molecular formula is C24H24O5. The molecule has 0 aromatic heterocycles. The molecule has 2 aromatic rings. The molecule has 0 radical (unpaired) electrons. The molecule has 150 valence electrons. The molecule has 29 heavy (non-hydrogen) atoms. The summed E-state index contributed by atoms with van der Waals surface area (Å²) in [6.45, 7) is 2.29. The van der Waals surface area contributed by atoms with Crippen molar-refractivity contribution in [2.45, 2.75) is 19.4 Å². The van der Waals surface area contributed by atoms with Gasteiger partial charge in [-0.25, -0.2) is 0 Å². The molecule has 1 saturated carbocycles. The lowest BCUT2D eigenvalue weighted by Gasteiger charge is -2.50. The predicted molar refractivity (Wildman–Crippen MR) is 108 cm³/mol. The number of Topliss-reactive ketones (excluding diaryl/α,β-unsaturated/α-hetero) is 1. The molecule has 5 heteroatoms. The molecule has 0 spiro atoms. The number of carbonyl (C=O) groups is 2. The van der Waals surface area contributed by atoms with Crippen LogP contribution in [0.15, 0.2) is 60.4 Å². The van der Waals surface area contributed by atoms with Crippen LogP contribution in [0.4, 0.5) is 0 Å². The van der Waals surface area contributed by atoms with Crippen LogP contribution >= 0.6 is 0 Å². The average Bonchev–Trinajstić information content (AvgIpc) is 2.74. The van der Waals surface area contributed by atoms with Crippen LogP contribution in [0.1, 0.15) is 24.0 Å². The van der Waals surface area contributed by atoms with Crippen molar-refractivity contribution in [3.63, 3.8) is 0 Å². The molecule has 0 heterocycles. The topological polar surface area (TPSA) is 61.8 Å². The van der Waals surface area contributed by atoms with Crippen LogP contribution in [0.2, 0.25) is 0 Å². The summed E-state index contributed by atoms with van der Waals surface area (Å²) in [6.07, 6.45) is 1.38. The Kier molecular flexibility index (Phi) is 5.14. The van der Waals surface area contributed by atoms with Gasteiger partial charge in [0.25, 0.3) is 0 Å². The summed E-state index contributed by atoms with van der Waals surface area (Å²) in [6, 6.07) is 15.3. The summed E-state index contributed by atoms with van der Waals surface area (Å²) in [5.41, 5.74) is 1.93. The highest BCUT2D eigenvalue weighted by atomic mass is 16.5. The number of benzene rings is 2. The Morgan fingerprint density at radius 1 is 0.862 bits per heavy atom. The van der Waals surface area contributed by atoms with E-state index >= 15 is 0 Å². The van der Waals surface area contributed by atoms with Crippen molar-refractivity contribution >= 4 is 11.6 Å². The van der Waals surface area contributed by atoms with Gasteiger partial charge in [-0.05, 0) is 35.1 Å². The van der Waals surface area contributed by atoms with E-state index in [1.165, 1.54) is 6.08 Å². The van der Waals surface area contributed by atoms with Gasteiger partial charge < -0.3 is 14.2 Å². The first-order valence-corrected chi connectivity index (χ1v) is 9.73. The van der Waals surface area contributed by atoms with Gasteiger partial charge in [0.15, 0.2) is 23.0 Å². The fraction of sp³-hybridized carbons (Fsp3) is 0.333. The third-order valence-electron chi connectivity index (χ3n) is 6.08. The summed E-state index contributed by atoms with van der Waals surface area (Å²) in [4.78, 5) is 25.8. The van der Waals surface area contributed by atoms with E-state index in [4.69, 9.17) is 14.2 Å². The maximum absolute atomic E-state index is 13.2. The Bertz CT molecular complexity index is 962. The number of rotatable bonds is 6. The van der Waals surface area contributed by atoms with Gasteiger partial charge in [0.1, 0.15) is 6.61 Å². The highest BCUT2D eigenvalue weighted by molar-refractivity contribution is 6.11. The standard InChI is InChI=1S/C24H24O5/c1-14-21(16-9-10-18(27-2)19(11-16)28-3)23-22(14)17(25)12-20(24(23)26)29-13-15-7-5-4-6-8-15/h4-12,14,21-23H,13H2,1-3H3/t14?,21-,22?,23?/m0/s1. The van der Waals surface area contributed by atoms with Crippen LogP contribution in [-0.2, 0) is 20.9 Å². The van der Waals surface area contributed by atoms with E-state index in [0.717, 1.165) is 11.1 Å². The number of allylic oxidation sites excluding steroid dienone is 2. The minimum absolute atomic E-state index is 0.0260. The molecular weight excluding hydrogens is 368 g/mol.